The molecule has 0 saturated heterocycles. The van der Waals surface area contributed by atoms with E-state index in [2.05, 4.69) is 15.4 Å². The van der Waals surface area contributed by atoms with Crippen molar-refractivity contribution >= 4 is 16.0 Å². The summed E-state index contributed by atoms with van der Waals surface area (Å²) in [6.45, 7) is 0.569. The molecule has 0 aliphatic heterocycles. The van der Waals surface area contributed by atoms with Gasteiger partial charge >= 0.3 is 97.3 Å². The molecule has 1 aromatic rings. The normalized spacial score (nSPS) is 10.6. The van der Waals surface area contributed by atoms with Crippen LogP contribution in [0.3, 0.4) is 0 Å². The van der Waals surface area contributed by atoms with E-state index in [1.807, 2.05) is 30.3 Å². The molecule has 0 bridgehead atoms. The second-order valence-corrected chi connectivity index (χ2v) is 4.35. The quantitative estimate of drug-likeness (QED) is 0.495. The summed E-state index contributed by atoms with van der Waals surface area (Å²) in [4.78, 5) is 11.1. The number of nitrogens with one attached hydrogen (secondary N) is 1. The van der Waals surface area contributed by atoms with Gasteiger partial charge in [-0.05, 0) is 0 Å². The van der Waals surface area contributed by atoms with Gasteiger partial charge in [-0.3, -0.25) is 0 Å². The molecule has 0 saturated carbocycles. The Morgan fingerprint density at radius 3 is 2.79 bits per heavy atom. The Morgan fingerprint density at radius 1 is 1.43 bits per heavy atom. The zero-order valence-electron chi connectivity index (χ0n) is 7.41. The van der Waals surface area contributed by atoms with E-state index < -0.39 is 0 Å². The second-order valence-electron chi connectivity index (χ2n) is 2.55. The van der Waals surface area contributed by atoms with Crippen LogP contribution in [0, 0.1) is 0 Å². The number of hydrogen-bond acceptors (Lipinski definition) is 2. The van der Waals surface area contributed by atoms with Gasteiger partial charge in [-0.15, -0.1) is 0 Å². The fraction of sp³-hybridized carbons (Fsp3) is 0.100. The molecule has 0 aromatic heterocycles. The molecule has 4 heteroatoms. The van der Waals surface area contributed by atoms with Crippen molar-refractivity contribution < 1.29 is 23.2 Å². The van der Waals surface area contributed by atoms with Gasteiger partial charge in [0.1, 0.15) is 0 Å². The van der Waals surface area contributed by atoms with Crippen LogP contribution in [0.4, 0.5) is 0 Å². The minimum absolute atomic E-state index is 0.0731. The van der Waals surface area contributed by atoms with Gasteiger partial charge in [0.15, 0.2) is 0 Å². The molecule has 0 aliphatic carbocycles. The van der Waals surface area contributed by atoms with Crippen LogP contribution in [-0.2, 0) is 29.8 Å². The van der Waals surface area contributed by atoms with Crippen LogP contribution in [0.15, 0.2) is 40.7 Å². The maximum absolute atomic E-state index is 11.1. The standard InChI is InChI=1S/C10H10NO.Ag.H2S/c1-2-10(12)11-8-9-6-4-3-5-7-9;;/h1-7H,8H2,(H,11,12);;1H2/q;+1;/p-1. The Balaban J connectivity index is 2.34. The third kappa shape index (κ3) is 4.67. The molecule has 1 rings (SSSR count). The number of carbonyl (C=O) groups excluding carboxylic acids is 1. The Kier molecular flexibility index (Phi) is 5.71. The Hall–Kier alpha value is -0.480. The third-order valence-electron chi connectivity index (χ3n) is 1.56. The van der Waals surface area contributed by atoms with Crippen molar-refractivity contribution in [3.63, 3.8) is 0 Å². The predicted molar refractivity (Wildman–Crippen MR) is 56.4 cm³/mol. The first-order valence-corrected chi connectivity index (χ1v) is 7.12. The van der Waals surface area contributed by atoms with Gasteiger partial charge in [0.25, 0.3) is 0 Å². The summed E-state index contributed by atoms with van der Waals surface area (Å²) in [6, 6.07) is 9.81. The summed E-state index contributed by atoms with van der Waals surface area (Å²) < 4.78 is 1.74. The first kappa shape index (κ1) is 11.6. The van der Waals surface area contributed by atoms with E-state index in [-0.39, 0.29) is 5.91 Å². The summed E-state index contributed by atoms with van der Waals surface area (Å²) >= 11 is 0.358. The van der Waals surface area contributed by atoms with Crippen LogP contribution in [-0.4, -0.2) is 5.91 Å². The third-order valence-corrected chi connectivity index (χ3v) is 2.56. The van der Waals surface area contributed by atoms with Crippen molar-refractivity contribution in [2.45, 2.75) is 6.54 Å². The second kappa shape index (κ2) is 6.90. The van der Waals surface area contributed by atoms with Gasteiger partial charge in [-0.2, -0.15) is 0 Å². The van der Waals surface area contributed by atoms with Crippen molar-refractivity contribution in [1.82, 2.24) is 5.32 Å². The molecule has 0 atom stereocenters. The monoisotopic (exact) mass is 300 g/mol. The van der Waals surface area contributed by atoms with Gasteiger partial charge in [-0.25, -0.2) is 0 Å². The van der Waals surface area contributed by atoms with E-state index in [1.54, 1.807) is 4.29 Å². The van der Waals surface area contributed by atoms with Gasteiger partial charge in [-0.1, -0.05) is 0 Å². The van der Waals surface area contributed by atoms with E-state index >= 15 is 0 Å². The molecule has 0 unspecified atom stereocenters. The van der Waals surface area contributed by atoms with Crippen LogP contribution >= 0.6 is 10.1 Å². The summed E-state index contributed by atoms with van der Waals surface area (Å²) in [7, 11) is 4.00. The van der Waals surface area contributed by atoms with E-state index in [0.717, 1.165) is 5.56 Å². The van der Waals surface area contributed by atoms with Crippen molar-refractivity contribution in [1.29, 1.82) is 0 Å². The fourth-order valence-corrected chi connectivity index (χ4v) is 1.51. The van der Waals surface area contributed by atoms with Crippen LogP contribution in [0.25, 0.3) is 0 Å². The van der Waals surface area contributed by atoms with E-state index in [1.165, 1.54) is 6.08 Å². The Morgan fingerprint density at radius 2 is 2.14 bits per heavy atom. The summed E-state index contributed by atoms with van der Waals surface area (Å²) in [6.07, 6.45) is 1.51. The molecule has 0 heterocycles. The van der Waals surface area contributed by atoms with Crippen molar-refractivity contribution in [3.8, 4) is 0 Å². The SMILES string of the molecule is O=C(C=[CH][Ag][SH])NCc1ccccc1. The Labute approximate surface area is 97.1 Å². The van der Waals surface area contributed by atoms with Crippen LogP contribution in [0.2, 0.25) is 0 Å². The number of hydrogen-bond donors (Lipinski definition) is 2. The molecule has 0 fully saturated rings. The number of amides is 1. The van der Waals surface area contributed by atoms with E-state index in [0.29, 0.717) is 25.0 Å². The molecule has 0 aliphatic rings. The molecular weight excluding hydrogens is 290 g/mol. The first-order valence-electron chi connectivity index (χ1n) is 4.00. The van der Waals surface area contributed by atoms with Crippen LogP contribution in [0.1, 0.15) is 5.56 Å². The molecular formula is C10H11AgNOS. The van der Waals surface area contributed by atoms with Crippen molar-refractivity contribution in [2.75, 3.05) is 0 Å². The Bertz CT molecular complexity index is 313. The molecule has 1 aromatic carbocycles. The molecule has 1 N–H and O–H groups in total. The minimum atomic E-state index is -0.0731. The topological polar surface area (TPSA) is 29.1 Å². The summed E-state index contributed by atoms with van der Waals surface area (Å²) in [5, 5.41) is 2.78. The molecule has 0 spiro atoms. The maximum atomic E-state index is 11.1. The average Bonchev–Trinajstić information content (AvgIpc) is 2.25. The first-order chi connectivity index (χ1) is 6.83. The average molecular weight is 301 g/mol. The van der Waals surface area contributed by atoms with Gasteiger partial charge in [0.2, 0.25) is 0 Å². The van der Waals surface area contributed by atoms with Crippen molar-refractivity contribution in [3.05, 3.63) is 46.3 Å². The van der Waals surface area contributed by atoms with Crippen LogP contribution < -0.4 is 5.32 Å². The number of benzene rings is 1. The van der Waals surface area contributed by atoms with E-state index in [9.17, 15) is 4.79 Å². The molecule has 1 amide bonds. The van der Waals surface area contributed by atoms with Crippen molar-refractivity contribution in [2.24, 2.45) is 0 Å². The predicted octanol–water partition coefficient (Wildman–Crippen LogP) is 1.74. The van der Waals surface area contributed by atoms with Crippen LogP contribution in [0.5, 0.6) is 0 Å². The number of thiol groups is 1. The van der Waals surface area contributed by atoms with Gasteiger partial charge in [0, 0.05) is 0 Å². The molecule has 2 nitrogen and oxygen atoms in total. The number of carbonyl (C=O) groups is 1. The fourth-order valence-electron chi connectivity index (χ4n) is 0.912. The van der Waals surface area contributed by atoms with Gasteiger partial charge < -0.3 is 0 Å². The zero-order chi connectivity index (χ0) is 10.2. The summed E-state index contributed by atoms with van der Waals surface area (Å²) in [5.41, 5.74) is 1.10. The molecule has 14 heavy (non-hydrogen) atoms. The number of rotatable bonds is 4. The summed E-state index contributed by atoms with van der Waals surface area (Å²) in [5.74, 6) is -0.0731. The molecule has 79 valence electrons. The zero-order valence-corrected chi connectivity index (χ0v) is 9.78. The molecule has 0 radical (unpaired) electrons. The van der Waals surface area contributed by atoms with Gasteiger partial charge in [0.05, 0.1) is 0 Å². The van der Waals surface area contributed by atoms with E-state index in [4.69, 9.17) is 0 Å².